The van der Waals surface area contributed by atoms with Gasteiger partial charge < -0.3 is 10.1 Å². The second kappa shape index (κ2) is 7.30. The molecular formula is C18H22N2O3S. The van der Waals surface area contributed by atoms with E-state index in [-0.39, 0.29) is 11.9 Å². The van der Waals surface area contributed by atoms with E-state index in [2.05, 4.69) is 17.2 Å². The highest BCUT2D eigenvalue weighted by Gasteiger charge is 2.26. The van der Waals surface area contributed by atoms with Crippen molar-refractivity contribution in [3.8, 4) is 0 Å². The number of hydrogen-bond donors (Lipinski definition) is 1. The Morgan fingerprint density at radius 1 is 1.33 bits per heavy atom. The van der Waals surface area contributed by atoms with Crippen LogP contribution < -0.4 is 5.32 Å². The Morgan fingerprint density at radius 3 is 2.92 bits per heavy atom. The molecule has 0 saturated heterocycles. The molecule has 0 spiro atoms. The number of benzene rings is 1. The Balaban J connectivity index is 1.59. The molecule has 1 saturated carbocycles. The van der Waals surface area contributed by atoms with Crippen LogP contribution in [0.3, 0.4) is 0 Å². The zero-order valence-electron chi connectivity index (χ0n) is 14.0. The lowest BCUT2D eigenvalue weighted by Gasteiger charge is -2.30. The standard InChI is InChI=1S/C18H22N2O3S/c1-11-5-3-4-6-14(11)20-17(21)12(2)23-18(22)13-7-8-15-16(9-13)24-10-19-15/h7-12,14H,3-6H2,1-2H3,(H,20,21)/t11-,12+,14-/m0/s1. The van der Waals surface area contributed by atoms with Gasteiger partial charge in [0.05, 0.1) is 21.3 Å². The third-order valence-corrected chi connectivity index (χ3v) is 5.45. The average molecular weight is 346 g/mol. The van der Waals surface area contributed by atoms with E-state index in [1.54, 1.807) is 30.6 Å². The SMILES string of the molecule is C[C@@H](OC(=O)c1ccc2ncsc2c1)C(=O)N[C@H]1CCCC[C@@H]1C. The highest BCUT2D eigenvalue weighted by atomic mass is 32.1. The zero-order valence-corrected chi connectivity index (χ0v) is 14.8. The van der Waals surface area contributed by atoms with Gasteiger partial charge in [-0.15, -0.1) is 11.3 Å². The fourth-order valence-electron chi connectivity index (χ4n) is 3.09. The number of amides is 1. The summed E-state index contributed by atoms with van der Waals surface area (Å²) in [7, 11) is 0. The third-order valence-electron chi connectivity index (χ3n) is 4.66. The molecule has 1 N–H and O–H groups in total. The van der Waals surface area contributed by atoms with Gasteiger partial charge in [-0.2, -0.15) is 0 Å². The number of carbonyl (C=O) groups is 2. The Kier molecular flexibility index (Phi) is 5.14. The zero-order chi connectivity index (χ0) is 17.1. The topological polar surface area (TPSA) is 68.3 Å². The minimum atomic E-state index is -0.802. The number of ether oxygens (including phenoxy) is 1. The molecule has 1 aromatic carbocycles. The van der Waals surface area contributed by atoms with Gasteiger partial charge in [0.1, 0.15) is 0 Å². The number of nitrogens with one attached hydrogen (secondary N) is 1. The van der Waals surface area contributed by atoms with Crippen LogP contribution in [-0.2, 0) is 9.53 Å². The van der Waals surface area contributed by atoms with Crippen molar-refractivity contribution in [2.45, 2.75) is 51.7 Å². The van der Waals surface area contributed by atoms with Gasteiger partial charge in [-0.1, -0.05) is 19.8 Å². The van der Waals surface area contributed by atoms with Crippen molar-refractivity contribution in [3.05, 3.63) is 29.3 Å². The summed E-state index contributed by atoms with van der Waals surface area (Å²) < 4.78 is 6.26. The number of rotatable bonds is 4. The van der Waals surface area contributed by atoms with Gasteiger partial charge >= 0.3 is 5.97 Å². The van der Waals surface area contributed by atoms with E-state index >= 15 is 0 Å². The molecule has 0 bridgehead atoms. The lowest BCUT2D eigenvalue weighted by Crippen LogP contribution is -2.45. The Hall–Kier alpha value is -1.95. The van der Waals surface area contributed by atoms with E-state index < -0.39 is 12.1 Å². The first kappa shape index (κ1) is 16.9. The predicted molar refractivity (Wildman–Crippen MR) is 94.1 cm³/mol. The summed E-state index contributed by atoms with van der Waals surface area (Å²) in [4.78, 5) is 28.7. The van der Waals surface area contributed by atoms with Crippen LogP contribution >= 0.6 is 11.3 Å². The van der Waals surface area contributed by atoms with E-state index in [0.29, 0.717) is 11.5 Å². The molecule has 1 aromatic heterocycles. The number of carbonyl (C=O) groups excluding carboxylic acids is 2. The van der Waals surface area contributed by atoms with Crippen LogP contribution in [0.15, 0.2) is 23.7 Å². The van der Waals surface area contributed by atoms with E-state index in [4.69, 9.17) is 4.74 Å². The molecule has 3 atom stereocenters. The van der Waals surface area contributed by atoms with Crippen LogP contribution in [0.4, 0.5) is 0 Å². The van der Waals surface area contributed by atoms with Crippen molar-refractivity contribution in [2.75, 3.05) is 0 Å². The molecule has 1 fully saturated rings. The number of esters is 1. The summed E-state index contributed by atoms with van der Waals surface area (Å²) in [5.41, 5.74) is 3.03. The minimum absolute atomic E-state index is 0.181. The summed E-state index contributed by atoms with van der Waals surface area (Å²) in [5.74, 6) is -0.232. The monoisotopic (exact) mass is 346 g/mol. The number of nitrogens with zero attached hydrogens (tertiary/aromatic N) is 1. The maximum absolute atomic E-state index is 12.3. The molecule has 0 unspecified atom stereocenters. The first-order valence-corrected chi connectivity index (χ1v) is 9.27. The van der Waals surface area contributed by atoms with Gasteiger partial charge in [0, 0.05) is 6.04 Å². The van der Waals surface area contributed by atoms with Crippen molar-refractivity contribution in [1.29, 1.82) is 0 Å². The van der Waals surface area contributed by atoms with Gasteiger partial charge in [0.25, 0.3) is 5.91 Å². The molecule has 0 aliphatic heterocycles. The lowest BCUT2D eigenvalue weighted by atomic mass is 9.86. The summed E-state index contributed by atoms with van der Waals surface area (Å²) in [5, 5.41) is 3.03. The fraction of sp³-hybridized carbons (Fsp3) is 0.500. The van der Waals surface area contributed by atoms with E-state index in [9.17, 15) is 9.59 Å². The summed E-state index contributed by atoms with van der Waals surface area (Å²) in [6, 6.07) is 5.40. The van der Waals surface area contributed by atoms with Crippen molar-refractivity contribution in [2.24, 2.45) is 5.92 Å². The largest absolute Gasteiger partial charge is 0.449 e. The van der Waals surface area contributed by atoms with Crippen molar-refractivity contribution in [1.82, 2.24) is 10.3 Å². The predicted octanol–water partition coefficient (Wildman–Crippen LogP) is 3.54. The van der Waals surface area contributed by atoms with Crippen LogP contribution in [0.1, 0.15) is 49.9 Å². The van der Waals surface area contributed by atoms with Gasteiger partial charge in [-0.05, 0) is 43.9 Å². The fourth-order valence-corrected chi connectivity index (χ4v) is 3.81. The van der Waals surface area contributed by atoms with E-state index in [1.165, 1.54) is 17.8 Å². The second-order valence-electron chi connectivity index (χ2n) is 6.46. The molecule has 24 heavy (non-hydrogen) atoms. The molecule has 6 heteroatoms. The first-order valence-electron chi connectivity index (χ1n) is 8.39. The van der Waals surface area contributed by atoms with Crippen LogP contribution in [0, 0.1) is 5.92 Å². The minimum Gasteiger partial charge on any atom is -0.449 e. The van der Waals surface area contributed by atoms with Crippen molar-refractivity contribution < 1.29 is 14.3 Å². The number of thiazole rings is 1. The highest BCUT2D eigenvalue weighted by molar-refractivity contribution is 7.16. The summed E-state index contributed by atoms with van der Waals surface area (Å²) in [6.45, 7) is 3.77. The molecule has 128 valence electrons. The maximum atomic E-state index is 12.3. The molecule has 5 nitrogen and oxygen atoms in total. The Labute approximate surface area is 145 Å². The van der Waals surface area contributed by atoms with Crippen LogP contribution in [-0.4, -0.2) is 29.0 Å². The van der Waals surface area contributed by atoms with Gasteiger partial charge in [0.2, 0.25) is 0 Å². The van der Waals surface area contributed by atoms with E-state index in [0.717, 1.165) is 29.5 Å². The Morgan fingerprint density at radius 2 is 2.12 bits per heavy atom. The molecule has 0 radical (unpaired) electrons. The molecular weight excluding hydrogens is 324 g/mol. The second-order valence-corrected chi connectivity index (χ2v) is 7.35. The smallest absolute Gasteiger partial charge is 0.338 e. The lowest BCUT2D eigenvalue weighted by molar-refractivity contribution is -0.130. The van der Waals surface area contributed by atoms with E-state index in [1.807, 2.05) is 0 Å². The van der Waals surface area contributed by atoms with Crippen LogP contribution in [0.25, 0.3) is 10.2 Å². The molecule has 1 amide bonds. The number of hydrogen-bond acceptors (Lipinski definition) is 5. The molecule has 1 aliphatic rings. The average Bonchev–Trinajstić information content (AvgIpc) is 3.04. The number of fused-ring (bicyclic) bond motifs is 1. The van der Waals surface area contributed by atoms with Crippen molar-refractivity contribution >= 4 is 33.4 Å². The molecule has 2 aromatic rings. The van der Waals surface area contributed by atoms with Gasteiger partial charge in [-0.3, -0.25) is 4.79 Å². The summed E-state index contributed by atoms with van der Waals surface area (Å²) in [6.07, 6.45) is 3.68. The van der Waals surface area contributed by atoms with Crippen LogP contribution in [0.5, 0.6) is 0 Å². The van der Waals surface area contributed by atoms with Gasteiger partial charge in [-0.25, -0.2) is 9.78 Å². The van der Waals surface area contributed by atoms with Crippen molar-refractivity contribution in [3.63, 3.8) is 0 Å². The normalized spacial score (nSPS) is 22.1. The molecule has 3 rings (SSSR count). The summed E-state index contributed by atoms with van der Waals surface area (Å²) >= 11 is 1.47. The third kappa shape index (κ3) is 3.75. The quantitative estimate of drug-likeness (QED) is 0.860. The van der Waals surface area contributed by atoms with Crippen LogP contribution in [0.2, 0.25) is 0 Å². The van der Waals surface area contributed by atoms with Gasteiger partial charge in [0.15, 0.2) is 6.10 Å². The maximum Gasteiger partial charge on any atom is 0.338 e. The molecule has 1 aliphatic carbocycles. The highest BCUT2D eigenvalue weighted by Crippen LogP contribution is 2.24. The molecule has 1 heterocycles. The number of aromatic nitrogens is 1. The Bertz CT molecular complexity index is 743. The first-order chi connectivity index (χ1) is 11.5.